The maximum atomic E-state index is 13.7. The van der Waals surface area contributed by atoms with Crippen molar-refractivity contribution < 1.29 is 17.9 Å². The Morgan fingerprint density at radius 2 is 1.45 bits per heavy atom. The van der Waals surface area contributed by atoms with Crippen molar-refractivity contribution in [1.82, 2.24) is 9.97 Å². The zero-order valence-electron chi connectivity index (χ0n) is 17.9. The summed E-state index contributed by atoms with van der Waals surface area (Å²) in [5, 5.41) is 0. The summed E-state index contributed by atoms with van der Waals surface area (Å²) in [7, 11) is 3.28. The Bertz CT molecular complexity index is 1000. The number of aromatic nitrogens is 2. The molecular formula is C23H25F3N4O. The molecule has 0 fully saturated rings. The fraction of sp³-hybridized carbons (Fsp3) is 0.304. The van der Waals surface area contributed by atoms with Crippen LogP contribution in [0.1, 0.15) is 25.0 Å². The van der Waals surface area contributed by atoms with Gasteiger partial charge in [0.05, 0.1) is 6.61 Å². The Balaban J connectivity index is 1.99. The Kier molecular flexibility index (Phi) is 6.68. The summed E-state index contributed by atoms with van der Waals surface area (Å²) in [6, 6.07) is 14.6. The van der Waals surface area contributed by atoms with E-state index in [9.17, 15) is 13.2 Å². The van der Waals surface area contributed by atoms with Gasteiger partial charge in [0.15, 0.2) is 5.82 Å². The van der Waals surface area contributed by atoms with Crippen molar-refractivity contribution in [2.45, 2.75) is 26.4 Å². The van der Waals surface area contributed by atoms with Gasteiger partial charge >= 0.3 is 6.18 Å². The van der Waals surface area contributed by atoms with Crippen LogP contribution in [0.3, 0.4) is 0 Å². The van der Waals surface area contributed by atoms with Crippen LogP contribution in [0.4, 0.5) is 36.3 Å². The summed E-state index contributed by atoms with van der Waals surface area (Å²) in [5.74, 6) is 0.660. The van der Waals surface area contributed by atoms with E-state index in [1.807, 2.05) is 26.0 Å². The van der Waals surface area contributed by atoms with E-state index in [0.29, 0.717) is 18.0 Å². The summed E-state index contributed by atoms with van der Waals surface area (Å²) in [6.07, 6.45) is -2.90. The van der Waals surface area contributed by atoms with Crippen LogP contribution in [-0.2, 0) is 12.6 Å². The van der Waals surface area contributed by atoms with Gasteiger partial charge in [-0.3, -0.25) is 0 Å². The number of ether oxygens (including phenoxy) is 1. The van der Waals surface area contributed by atoms with Gasteiger partial charge < -0.3 is 14.5 Å². The van der Waals surface area contributed by atoms with Gasteiger partial charge in [-0.25, -0.2) is 4.98 Å². The number of benzene rings is 2. The molecule has 31 heavy (non-hydrogen) atoms. The molecular weight excluding hydrogens is 405 g/mol. The first-order valence-corrected chi connectivity index (χ1v) is 9.98. The highest BCUT2D eigenvalue weighted by atomic mass is 19.4. The van der Waals surface area contributed by atoms with Crippen LogP contribution in [0.25, 0.3) is 0 Å². The molecule has 5 nitrogen and oxygen atoms in total. The van der Waals surface area contributed by atoms with Gasteiger partial charge in [0.1, 0.15) is 11.3 Å². The number of hydrogen-bond donors (Lipinski definition) is 0. The molecule has 0 bridgehead atoms. The van der Waals surface area contributed by atoms with E-state index < -0.39 is 11.7 Å². The van der Waals surface area contributed by atoms with Crippen molar-refractivity contribution in [2.24, 2.45) is 0 Å². The lowest BCUT2D eigenvalue weighted by atomic mass is 10.1. The Hall–Kier alpha value is -3.29. The normalized spacial score (nSPS) is 11.3. The molecule has 0 amide bonds. The van der Waals surface area contributed by atoms with Crippen molar-refractivity contribution in [3.8, 4) is 5.75 Å². The zero-order chi connectivity index (χ0) is 22.6. The van der Waals surface area contributed by atoms with Crippen molar-refractivity contribution in [3.63, 3.8) is 0 Å². The van der Waals surface area contributed by atoms with Crippen molar-refractivity contribution in [1.29, 1.82) is 0 Å². The molecule has 0 aliphatic heterocycles. The molecule has 3 rings (SSSR count). The summed E-state index contributed by atoms with van der Waals surface area (Å²) >= 11 is 0. The van der Waals surface area contributed by atoms with Crippen molar-refractivity contribution in [2.75, 3.05) is 30.5 Å². The smallest absolute Gasteiger partial charge is 0.421 e. The van der Waals surface area contributed by atoms with E-state index in [-0.39, 0.29) is 11.8 Å². The standard InChI is InChI=1S/C23H25F3N4O/c1-5-16-7-9-17(10-8-16)29(3)21-20(23(24,25)26)15-27-22(28-21)30(4)18-11-13-19(14-12-18)31-6-2/h7-15H,5-6H2,1-4H3. The predicted molar refractivity (Wildman–Crippen MR) is 117 cm³/mol. The first kappa shape index (κ1) is 22.4. The maximum Gasteiger partial charge on any atom is 0.421 e. The molecule has 1 heterocycles. The fourth-order valence-electron chi connectivity index (χ4n) is 3.11. The molecule has 0 saturated heterocycles. The molecule has 1 aromatic heterocycles. The number of hydrogen-bond acceptors (Lipinski definition) is 5. The van der Waals surface area contributed by atoms with Crippen molar-refractivity contribution >= 4 is 23.1 Å². The molecule has 0 atom stereocenters. The van der Waals surface area contributed by atoms with Gasteiger partial charge in [0.25, 0.3) is 0 Å². The Labute approximate surface area is 180 Å². The predicted octanol–water partition coefficient (Wildman–Crippen LogP) is 5.99. The van der Waals surface area contributed by atoms with Crippen LogP contribution in [0.2, 0.25) is 0 Å². The number of rotatable bonds is 7. The number of aryl methyl sites for hydroxylation is 1. The molecule has 0 radical (unpaired) electrons. The van der Waals surface area contributed by atoms with Gasteiger partial charge in [0, 0.05) is 31.7 Å². The average molecular weight is 430 g/mol. The van der Waals surface area contributed by atoms with Gasteiger partial charge in [0.2, 0.25) is 5.95 Å². The third-order valence-corrected chi connectivity index (χ3v) is 4.95. The van der Waals surface area contributed by atoms with E-state index in [0.717, 1.165) is 23.9 Å². The van der Waals surface area contributed by atoms with Crippen LogP contribution in [0.15, 0.2) is 54.7 Å². The van der Waals surface area contributed by atoms with E-state index in [1.165, 1.54) is 4.90 Å². The van der Waals surface area contributed by atoms with Crippen LogP contribution in [0, 0.1) is 0 Å². The third-order valence-electron chi connectivity index (χ3n) is 4.95. The number of nitrogens with zero attached hydrogens (tertiary/aromatic N) is 4. The van der Waals surface area contributed by atoms with Gasteiger partial charge in [-0.2, -0.15) is 18.2 Å². The SMILES string of the molecule is CCOc1ccc(N(C)c2ncc(C(F)(F)F)c(N(C)c3ccc(CC)cc3)n2)cc1. The second-order valence-corrected chi connectivity index (χ2v) is 6.97. The Morgan fingerprint density at radius 3 is 2.00 bits per heavy atom. The lowest BCUT2D eigenvalue weighted by Gasteiger charge is -2.25. The molecule has 8 heteroatoms. The van der Waals surface area contributed by atoms with Crippen LogP contribution < -0.4 is 14.5 Å². The minimum Gasteiger partial charge on any atom is -0.494 e. The molecule has 0 saturated carbocycles. The summed E-state index contributed by atoms with van der Waals surface area (Å²) in [6.45, 7) is 4.46. The topological polar surface area (TPSA) is 41.5 Å². The largest absolute Gasteiger partial charge is 0.494 e. The number of anilines is 4. The summed E-state index contributed by atoms with van der Waals surface area (Å²) in [4.78, 5) is 11.3. The summed E-state index contributed by atoms with van der Waals surface area (Å²) < 4.78 is 46.5. The number of halogens is 3. The minimum absolute atomic E-state index is 0.157. The van der Waals surface area contributed by atoms with E-state index in [1.54, 1.807) is 55.4 Å². The highest BCUT2D eigenvalue weighted by Gasteiger charge is 2.37. The first-order valence-electron chi connectivity index (χ1n) is 9.98. The first-order chi connectivity index (χ1) is 14.7. The monoisotopic (exact) mass is 430 g/mol. The summed E-state index contributed by atoms with van der Waals surface area (Å²) in [5.41, 5.74) is 1.55. The molecule has 2 aromatic carbocycles. The van der Waals surface area contributed by atoms with Gasteiger partial charge in [-0.05, 0) is 55.3 Å². The fourth-order valence-corrected chi connectivity index (χ4v) is 3.11. The lowest BCUT2D eigenvalue weighted by Crippen LogP contribution is -2.21. The minimum atomic E-state index is -4.58. The highest BCUT2D eigenvalue weighted by molar-refractivity contribution is 5.66. The quantitative estimate of drug-likeness (QED) is 0.460. The second kappa shape index (κ2) is 9.24. The Morgan fingerprint density at radius 1 is 0.871 bits per heavy atom. The zero-order valence-corrected chi connectivity index (χ0v) is 17.9. The molecule has 0 unspecified atom stereocenters. The highest BCUT2D eigenvalue weighted by Crippen LogP contribution is 2.38. The number of alkyl halides is 3. The van der Waals surface area contributed by atoms with Crippen LogP contribution in [0.5, 0.6) is 5.75 Å². The van der Waals surface area contributed by atoms with Crippen molar-refractivity contribution in [3.05, 3.63) is 65.9 Å². The van der Waals surface area contributed by atoms with E-state index in [2.05, 4.69) is 9.97 Å². The van der Waals surface area contributed by atoms with Gasteiger partial charge in [-0.1, -0.05) is 19.1 Å². The van der Waals surface area contributed by atoms with Gasteiger partial charge in [-0.15, -0.1) is 0 Å². The molecule has 0 aliphatic rings. The molecule has 164 valence electrons. The maximum absolute atomic E-state index is 13.7. The van der Waals surface area contributed by atoms with Crippen LogP contribution in [-0.4, -0.2) is 30.7 Å². The third kappa shape index (κ3) is 5.07. The molecule has 3 aromatic rings. The van der Waals surface area contributed by atoms with E-state index >= 15 is 0 Å². The van der Waals surface area contributed by atoms with E-state index in [4.69, 9.17) is 4.74 Å². The average Bonchev–Trinajstić information content (AvgIpc) is 2.78. The lowest BCUT2D eigenvalue weighted by molar-refractivity contribution is -0.137. The molecule has 0 N–H and O–H groups in total. The second-order valence-electron chi connectivity index (χ2n) is 6.97. The van der Waals surface area contributed by atoms with Crippen LogP contribution >= 0.6 is 0 Å². The molecule has 0 spiro atoms. The molecule has 0 aliphatic carbocycles.